The maximum absolute atomic E-state index is 12.8. The third-order valence-electron chi connectivity index (χ3n) is 4.66. The lowest BCUT2D eigenvalue weighted by molar-refractivity contribution is -0.144. The summed E-state index contributed by atoms with van der Waals surface area (Å²) in [5.74, 6) is -1.81. The van der Waals surface area contributed by atoms with Gasteiger partial charge in [0.15, 0.2) is 9.84 Å². The first-order valence-electron chi connectivity index (χ1n) is 8.03. The van der Waals surface area contributed by atoms with E-state index in [-0.39, 0.29) is 16.4 Å². The van der Waals surface area contributed by atoms with Crippen molar-refractivity contribution in [2.45, 2.75) is 44.0 Å². The van der Waals surface area contributed by atoms with E-state index in [1.807, 2.05) is 6.92 Å². The number of benzene rings is 1. The van der Waals surface area contributed by atoms with E-state index in [1.165, 1.54) is 11.0 Å². The number of hydrogen-bond acceptors (Lipinski definition) is 4. The summed E-state index contributed by atoms with van der Waals surface area (Å²) in [6, 6.07) is 4.27. The molecule has 1 aromatic carbocycles. The van der Waals surface area contributed by atoms with Crippen LogP contribution in [0.5, 0.6) is 0 Å². The number of carboxylic acid groups (broad SMARTS) is 1. The van der Waals surface area contributed by atoms with Gasteiger partial charge in [-0.3, -0.25) is 9.59 Å². The number of hydrogen-bond donors (Lipinski definition) is 1. The summed E-state index contributed by atoms with van der Waals surface area (Å²) in [4.78, 5) is 25.8. The van der Waals surface area contributed by atoms with Gasteiger partial charge in [-0.2, -0.15) is 0 Å². The van der Waals surface area contributed by atoms with Crippen LogP contribution in [0.25, 0.3) is 0 Å². The first-order valence-corrected chi connectivity index (χ1v) is 9.92. The molecule has 0 aromatic heterocycles. The number of piperidine rings is 1. The minimum Gasteiger partial charge on any atom is -0.481 e. The van der Waals surface area contributed by atoms with E-state index in [4.69, 9.17) is 0 Å². The number of sulfone groups is 1. The molecule has 1 aliphatic heterocycles. The van der Waals surface area contributed by atoms with Gasteiger partial charge < -0.3 is 10.0 Å². The van der Waals surface area contributed by atoms with Crippen LogP contribution < -0.4 is 0 Å². The number of carboxylic acids is 1. The minimum atomic E-state index is -3.43. The van der Waals surface area contributed by atoms with Crippen molar-refractivity contribution in [3.8, 4) is 0 Å². The van der Waals surface area contributed by atoms with E-state index in [1.54, 1.807) is 19.1 Å². The molecule has 0 aliphatic carbocycles. The zero-order valence-corrected chi connectivity index (χ0v) is 15.0. The number of rotatable bonds is 4. The van der Waals surface area contributed by atoms with Crippen molar-refractivity contribution in [1.82, 2.24) is 4.90 Å². The van der Waals surface area contributed by atoms with Gasteiger partial charge in [0.05, 0.1) is 10.8 Å². The lowest BCUT2D eigenvalue weighted by Gasteiger charge is -2.37. The topological polar surface area (TPSA) is 91.8 Å². The van der Waals surface area contributed by atoms with Gasteiger partial charge in [0.2, 0.25) is 0 Å². The van der Waals surface area contributed by atoms with E-state index < -0.39 is 27.8 Å². The fourth-order valence-corrected chi connectivity index (χ4v) is 4.28. The van der Waals surface area contributed by atoms with Crippen LogP contribution in [0.3, 0.4) is 0 Å². The van der Waals surface area contributed by atoms with Crippen LogP contribution in [0, 0.1) is 5.92 Å². The van der Waals surface area contributed by atoms with Gasteiger partial charge in [0.25, 0.3) is 5.91 Å². The Balaban J connectivity index is 2.38. The molecule has 0 bridgehead atoms. The summed E-state index contributed by atoms with van der Waals surface area (Å²) in [5, 5.41) is 9.28. The Bertz CT molecular complexity index is 756. The van der Waals surface area contributed by atoms with Crippen molar-refractivity contribution in [2.24, 2.45) is 5.92 Å². The molecule has 1 aliphatic rings. The van der Waals surface area contributed by atoms with E-state index in [0.29, 0.717) is 31.4 Å². The van der Waals surface area contributed by atoms with Crippen molar-refractivity contribution in [2.75, 3.05) is 12.8 Å². The zero-order chi connectivity index (χ0) is 18.1. The molecule has 0 radical (unpaired) electrons. The highest BCUT2D eigenvalue weighted by molar-refractivity contribution is 7.90. The van der Waals surface area contributed by atoms with Gasteiger partial charge >= 0.3 is 5.97 Å². The second-order valence-corrected chi connectivity index (χ2v) is 8.26. The molecular weight excluding hydrogens is 330 g/mol. The Morgan fingerprint density at radius 3 is 2.54 bits per heavy atom. The molecule has 1 fully saturated rings. The van der Waals surface area contributed by atoms with Gasteiger partial charge in [-0.05, 0) is 43.9 Å². The number of aryl methyl sites for hydroxylation is 1. The number of amides is 1. The van der Waals surface area contributed by atoms with Crippen molar-refractivity contribution in [3.05, 3.63) is 29.3 Å². The number of nitrogens with zero attached hydrogens (tertiary/aromatic N) is 1. The number of carbonyl (C=O) groups excluding carboxylic acids is 1. The first-order chi connectivity index (χ1) is 11.2. The van der Waals surface area contributed by atoms with E-state index in [9.17, 15) is 23.1 Å². The number of carbonyl (C=O) groups is 2. The van der Waals surface area contributed by atoms with Crippen LogP contribution in [0.15, 0.2) is 23.1 Å². The standard InChI is InChI=1S/C17H23NO5S/c1-4-12-7-8-13(10-15(12)24(3,22)23)16(19)18-9-5-6-14(11(18)2)17(20)21/h7-8,10-11,14H,4-6,9H2,1-3H3,(H,20,21)/t11-,14-/m0/s1. The van der Waals surface area contributed by atoms with Crippen LogP contribution in [0.4, 0.5) is 0 Å². The van der Waals surface area contributed by atoms with Gasteiger partial charge in [0, 0.05) is 24.4 Å². The van der Waals surface area contributed by atoms with Crippen LogP contribution in [0.2, 0.25) is 0 Å². The lowest BCUT2D eigenvalue weighted by Crippen LogP contribution is -2.49. The van der Waals surface area contributed by atoms with Crippen LogP contribution in [0.1, 0.15) is 42.6 Å². The Morgan fingerprint density at radius 1 is 1.33 bits per heavy atom. The fourth-order valence-electron chi connectivity index (χ4n) is 3.25. The summed E-state index contributed by atoms with van der Waals surface area (Å²) in [6.45, 7) is 4.07. The van der Waals surface area contributed by atoms with Crippen LogP contribution in [-0.2, 0) is 21.1 Å². The Kier molecular flexibility index (Phi) is 5.32. The molecule has 1 amide bonds. The minimum absolute atomic E-state index is 0.162. The SMILES string of the molecule is CCc1ccc(C(=O)N2CCC[C@H](C(=O)O)[C@@H]2C)cc1S(C)(=O)=O. The van der Waals surface area contributed by atoms with Crippen molar-refractivity contribution < 1.29 is 23.1 Å². The molecule has 24 heavy (non-hydrogen) atoms. The van der Waals surface area contributed by atoms with Crippen molar-refractivity contribution >= 4 is 21.7 Å². The fraction of sp³-hybridized carbons (Fsp3) is 0.529. The predicted molar refractivity (Wildman–Crippen MR) is 89.8 cm³/mol. The largest absolute Gasteiger partial charge is 0.481 e. The quantitative estimate of drug-likeness (QED) is 0.893. The average molecular weight is 353 g/mol. The summed E-state index contributed by atoms with van der Waals surface area (Å²) in [7, 11) is -3.43. The van der Waals surface area contributed by atoms with E-state index >= 15 is 0 Å². The molecule has 132 valence electrons. The molecule has 1 N–H and O–H groups in total. The van der Waals surface area contributed by atoms with E-state index in [0.717, 1.165) is 6.26 Å². The van der Waals surface area contributed by atoms with Crippen LogP contribution in [-0.4, -0.2) is 49.1 Å². The molecule has 1 heterocycles. The number of aliphatic carboxylic acids is 1. The Hall–Kier alpha value is -1.89. The average Bonchev–Trinajstić information content (AvgIpc) is 2.52. The predicted octanol–water partition coefficient (Wildman–Crippen LogP) is 1.98. The molecule has 0 saturated carbocycles. The molecule has 7 heteroatoms. The lowest BCUT2D eigenvalue weighted by atomic mass is 9.90. The first kappa shape index (κ1) is 18.4. The summed E-state index contributed by atoms with van der Waals surface area (Å²) in [6.07, 6.45) is 2.85. The molecule has 1 aromatic rings. The molecular formula is C17H23NO5S. The normalized spacial score (nSPS) is 21.5. The number of likely N-dealkylation sites (tertiary alicyclic amines) is 1. The maximum atomic E-state index is 12.8. The molecule has 1 saturated heterocycles. The maximum Gasteiger partial charge on any atom is 0.308 e. The molecule has 2 rings (SSSR count). The van der Waals surface area contributed by atoms with Gasteiger partial charge in [-0.25, -0.2) is 8.42 Å². The summed E-state index contributed by atoms with van der Waals surface area (Å²) in [5.41, 5.74) is 0.953. The van der Waals surface area contributed by atoms with Gasteiger partial charge in [-0.15, -0.1) is 0 Å². The molecule has 0 spiro atoms. The molecule has 2 atom stereocenters. The van der Waals surface area contributed by atoms with Crippen LogP contribution >= 0.6 is 0 Å². The Morgan fingerprint density at radius 2 is 2.00 bits per heavy atom. The summed E-state index contributed by atoms with van der Waals surface area (Å²) >= 11 is 0. The van der Waals surface area contributed by atoms with Crippen molar-refractivity contribution in [1.29, 1.82) is 0 Å². The zero-order valence-electron chi connectivity index (χ0n) is 14.2. The highest BCUT2D eigenvalue weighted by atomic mass is 32.2. The van der Waals surface area contributed by atoms with Crippen molar-refractivity contribution in [3.63, 3.8) is 0 Å². The monoisotopic (exact) mass is 353 g/mol. The summed E-state index contributed by atoms with van der Waals surface area (Å²) < 4.78 is 23.9. The van der Waals surface area contributed by atoms with Gasteiger partial charge in [-0.1, -0.05) is 13.0 Å². The molecule has 0 unspecified atom stereocenters. The van der Waals surface area contributed by atoms with E-state index in [2.05, 4.69) is 0 Å². The molecule has 6 nitrogen and oxygen atoms in total. The third-order valence-corrected chi connectivity index (χ3v) is 5.84. The highest BCUT2D eigenvalue weighted by Crippen LogP contribution is 2.26. The smallest absolute Gasteiger partial charge is 0.308 e. The third kappa shape index (κ3) is 3.61. The highest BCUT2D eigenvalue weighted by Gasteiger charge is 2.35. The Labute approximate surface area is 142 Å². The second-order valence-electron chi connectivity index (χ2n) is 6.27. The second kappa shape index (κ2) is 6.93. The van der Waals surface area contributed by atoms with Gasteiger partial charge in [0.1, 0.15) is 0 Å².